The maximum atomic E-state index is 13.7. The van der Waals surface area contributed by atoms with Gasteiger partial charge in [-0.15, -0.1) is 0 Å². The number of ether oxygens (including phenoxy) is 1. The Morgan fingerprint density at radius 3 is 1.79 bits per heavy atom. The number of carbonyl (C=O) groups excluding carboxylic acids is 4. The minimum absolute atomic E-state index is 0.00566. The number of nitro benzene ring substituents is 1. The number of imide groups is 2. The van der Waals surface area contributed by atoms with Crippen LogP contribution >= 0.6 is 0 Å². The molecule has 20 heteroatoms. The molecule has 2 aliphatic rings. The Hall–Kier alpha value is -5.90. The van der Waals surface area contributed by atoms with Crippen molar-refractivity contribution in [1.82, 2.24) is 9.80 Å². The highest BCUT2D eigenvalue weighted by molar-refractivity contribution is 7.85. The van der Waals surface area contributed by atoms with Gasteiger partial charge < -0.3 is 16.2 Å². The summed E-state index contributed by atoms with van der Waals surface area (Å²) in [4.78, 5) is 66.9. The zero-order chi connectivity index (χ0) is 42.9. The second kappa shape index (κ2) is 16.9. The molecular formula is C38H39N5O13S2. The third kappa shape index (κ3) is 9.79. The van der Waals surface area contributed by atoms with E-state index < -0.39 is 49.1 Å². The molecule has 5 aromatic rings. The second-order valence-corrected chi connectivity index (χ2v) is 16.6. The number of rotatable bonds is 10. The number of hydrogen-bond donors (Lipinski definition) is 4. The maximum absolute atomic E-state index is 13.7. The summed E-state index contributed by atoms with van der Waals surface area (Å²) in [5.74, 6) is -1.24. The SMILES string of the molecule is COc1ccc2ccc3ccc4c(c3c2c1)C(=O)N(CCC(N)CC(N)CCN1C(=O)c2cccc3cc([N+](=O)[O-])cc(c23)C1=O)C4=O.CS(=O)(=O)O.CS(=O)(=O)O. The van der Waals surface area contributed by atoms with Crippen LogP contribution in [-0.4, -0.2) is 109 Å². The van der Waals surface area contributed by atoms with Crippen molar-refractivity contribution in [1.29, 1.82) is 0 Å². The summed E-state index contributed by atoms with van der Waals surface area (Å²) in [7, 11) is -5.76. The number of nitro groups is 1. The number of fused-ring (bicyclic) bond motifs is 5. The number of non-ortho nitro benzene ring substituents is 1. The van der Waals surface area contributed by atoms with Gasteiger partial charge in [-0.25, -0.2) is 0 Å². The first kappa shape index (κ1) is 43.2. The summed E-state index contributed by atoms with van der Waals surface area (Å²) >= 11 is 0. The van der Waals surface area contributed by atoms with Crippen LogP contribution in [0, 0.1) is 10.1 Å². The third-order valence-electron chi connectivity index (χ3n) is 9.32. The standard InChI is InChI=1S/C36H31N5O7.2CH4O3S/c1-48-25-9-7-19-5-6-20-8-10-27-32(31(20)28(19)18-25)36(45)40(34(27)43)14-12-23(38)16-22(37)11-13-39-33(42)26-4-2-3-21-15-24(41(46)47)17-29(30(21)26)35(39)44;2*1-5(2,3)4/h2-10,15,17-18,22-23H,11-14,16,37-38H2,1H3;2*1H3,(H,2,3,4). The van der Waals surface area contributed by atoms with E-state index in [1.54, 1.807) is 31.4 Å². The first-order valence-corrected chi connectivity index (χ1v) is 21.1. The quantitative estimate of drug-likeness (QED) is 0.0512. The Bertz CT molecular complexity index is 2690. The normalized spacial score (nSPS) is 14.8. The Kier molecular flexibility index (Phi) is 12.6. The van der Waals surface area contributed by atoms with Gasteiger partial charge in [0.1, 0.15) is 5.75 Å². The molecule has 0 bridgehead atoms. The Labute approximate surface area is 332 Å². The van der Waals surface area contributed by atoms with Crippen LogP contribution in [0.15, 0.2) is 72.8 Å². The smallest absolute Gasteiger partial charge is 0.270 e. The summed E-state index contributed by atoms with van der Waals surface area (Å²) in [6.45, 7) is 0.0901. The van der Waals surface area contributed by atoms with E-state index in [0.29, 0.717) is 64.0 Å². The molecule has 4 amide bonds. The van der Waals surface area contributed by atoms with E-state index in [-0.39, 0.29) is 42.6 Å². The van der Waals surface area contributed by atoms with Gasteiger partial charge >= 0.3 is 0 Å². The summed E-state index contributed by atoms with van der Waals surface area (Å²) in [5.41, 5.74) is 13.7. The molecule has 58 heavy (non-hydrogen) atoms. The fourth-order valence-corrected chi connectivity index (χ4v) is 6.89. The predicted molar refractivity (Wildman–Crippen MR) is 214 cm³/mol. The van der Waals surface area contributed by atoms with Gasteiger partial charge in [0.2, 0.25) is 0 Å². The fraction of sp³-hybridized carbons (Fsp3) is 0.263. The van der Waals surface area contributed by atoms with Crippen molar-refractivity contribution in [3.8, 4) is 5.75 Å². The van der Waals surface area contributed by atoms with E-state index >= 15 is 0 Å². The zero-order valence-corrected chi connectivity index (χ0v) is 32.9. The Morgan fingerprint density at radius 2 is 1.21 bits per heavy atom. The zero-order valence-electron chi connectivity index (χ0n) is 31.3. The number of amides is 4. The summed E-state index contributed by atoms with van der Waals surface area (Å²) in [5, 5.41) is 15.6. The largest absolute Gasteiger partial charge is 0.497 e. The number of benzene rings is 5. The van der Waals surface area contributed by atoms with Crippen LogP contribution in [0.5, 0.6) is 5.75 Å². The van der Waals surface area contributed by atoms with Crippen molar-refractivity contribution in [3.63, 3.8) is 0 Å². The van der Waals surface area contributed by atoms with E-state index in [0.717, 1.165) is 21.1 Å². The summed E-state index contributed by atoms with van der Waals surface area (Å²) < 4.78 is 57.1. The van der Waals surface area contributed by atoms with Gasteiger partial charge in [-0.05, 0) is 65.1 Å². The van der Waals surface area contributed by atoms with Gasteiger partial charge in [-0.2, -0.15) is 16.8 Å². The lowest BCUT2D eigenvalue weighted by Gasteiger charge is -2.28. The van der Waals surface area contributed by atoms with Crippen molar-refractivity contribution in [2.24, 2.45) is 11.5 Å². The van der Waals surface area contributed by atoms with Crippen LogP contribution in [0.3, 0.4) is 0 Å². The van der Waals surface area contributed by atoms with E-state index in [1.165, 1.54) is 17.0 Å². The van der Waals surface area contributed by atoms with Crippen molar-refractivity contribution in [3.05, 3.63) is 105 Å². The highest BCUT2D eigenvalue weighted by Crippen LogP contribution is 2.37. The van der Waals surface area contributed by atoms with E-state index in [9.17, 15) is 46.1 Å². The molecule has 7 rings (SSSR count). The molecule has 2 aliphatic heterocycles. The number of nitrogens with two attached hydrogens (primary N) is 2. The summed E-state index contributed by atoms with van der Waals surface area (Å²) in [6, 6.07) is 19.4. The van der Waals surface area contributed by atoms with Crippen LogP contribution in [-0.2, 0) is 20.2 Å². The molecule has 0 saturated carbocycles. The number of hydrogen-bond acceptors (Lipinski definition) is 13. The lowest BCUT2D eigenvalue weighted by molar-refractivity contribution is -0.384. The van der Waals surface area contributed by atoms with Crippen molar-refractivity contribution < 1.29 is 54.8 Å². The van der Waals surface area contributed by atoms with E-state index in [1.807, 2.05) is 36.4 Å². The molecule has 2 heterocycles. The van der Waals surface area contributed by atoms with Crippen molar-refractivity contribution >= 4 is 81.9 Å². The van der Waals surface area contributed by atoms with Gasteiger partial charge in [0.05, 0.1) is 41.2 Å². The lowest BCUT2D eigenvalue weighted by atomic mass is 9.93. The topological polar surface area (TPSA) is 288 Å². The maximum Gasteiger partial charge on any atom is 0.270 e. The lowest BCUT2D eigenvalue weighted by Crippen LogP contribution is -2.43. The molecule has 0 radical (unpaired) electrons. The molecular weight excluding hydrogens is 799 g/mol. The highest BCUT2D eigenvalue weighted by atomic mass is 32.2. The van der Waals surface area contributed by atoms with Crippen molar-refractivity contribution in [2.45, 2.75) is 31.3 Å². The minimum atomic E-state index is -3.67. The van der Waals surface area contributed by atoms with E-state index in [4.69, 9.17) is 25.3 Å². The summed E-state index contributed by atoms with van der Waals surface area (Å²) in [6.07, 6.45) is 2.28. The van der Waals surface area contributed by atoms with Gasteiger partial charge in [0.15, 0.2) is 0 Å². The van der Waals surface area contributed by atoms with Crippen LogP contribution in [0.1, 0.15) is 60.7 Å². The Balaban J connectivity index is 0.000000574. The van der Waals surface area contributed by atoms with Gasteiger partial charge in [-0.1, -0.05) is 36.4 Å². The minimum Gasteiger partial charge on any atom is -0.497 e. The van der Waals surface area contributed by atoms with E-state index in [2.05, 4.69) is 0 Å². The molecule has 2 unspecified atom stereocenters. The first-order chi connectivity index (χ1) is 27.1. The molecule has 6 N–H and O–H groups in total. The molecule has 18 nitrogen and oxygen atoms in total. The average Bonchev–Trinajstić information content (AvgIpc) is 3.38. The molecule has 0 fully saturated rings. The van der Waals surface area contributed by atoms with Gasteiger partial charge in [0, 0.05) is 53.6 Å². The van der Waals surface area contributed by atoms with Crippen LogP contribution < -0.4 is 16.2 Å². The number of nitrogens with zero attached hydrogens (tertiary/aromatic N) is 3. The number of methoxy groups -OCH3 is 1. The fourth-order valence-electron chi connectivity index (χ4n) is 6.89. The monoisotopic (exact) mass is 837 g/mol. The van der Waals surface area contributed by atoms with Crippen molar-refractivity contribution in [2.75, 3.05) is 32.7 Å². The molecule has 0 aromatic heterocycles. The Morgan fingerprint density at radius 1 is 0.690 bits per heavy atom. The van der Waals surface area contributed by atoms with Crippen LogP contribution in [0.4, 0.5) is 5.69 Å². The molecule has 306 valence electrons. The molecule has 2 atom stereocenters. The second-order valence-electron chi connectivity index (χ2n) is 13.7. The molecule has 0 spiro atoms. The molecule has 0 aliphatic carbocycles. The average molecular weight is 838 g/mol. The highest BCUT2D eigenvalue weighted by Gasteiger charge is 2.38. The van der Waals surface area contributed by atoms with Crippen LogP contribution in [0.2, 0.25) is 0 Å². The first-order valence-electron chi connectivity index (χ1n) is 17.4. The predicted octanol–water partition coefficient (Wildman–Crippen LogP) is 3.79. The van der Waals surface area contributed by atoms with Crippen LogP contribution in [0.25, 0.3) is 32.3 Å². The molecule has 5 aromatic carbocycles. The third-order valence-corrected chi connectivity index (χ3v) is 9.32. The number of carbonyl (C=O) groups is 4. The van der Waals surface area contributed by atoms with Gasteiger partial charge in [0.25, 0.3) is 49.6 Å². The van der Waals surface area contributed by atoms with Gasteiger partial charge in [-0.3, -0.25) is 48.2 Å². The molecule has 0 saturated heterocycles.